The molecule has 4 rings (SSSR count). The predicted octanol–water partition coefficient (Wildman–Crippen LogP) is 4.79. The number of amides is 2. The van der Waals surface area contributed by atoms with E-state index in [9.17, 15) is 9.59 Å². The molecule has 1 saturated carbocycles. The third-order valence-electron chi connectivity index (χ3n) is 8.33. The lowest BCUT2D eigenvalue weighted by Gasteiger charge is -2.41. The van der Waals surface area contributed by atoms with Gasteiger partial charge in [-0.3, -0.25) is 9.59 Å². The SMILES string of the molecule is C=C(/C=C\C(Cl)=C/N)OCC1CCN(C(=O)C2CCN(C(=O)C3(C)CC3)CC2)CC1c1ccc(OC)cc1. The van der Waals surface area contributed by atoms with Crippen molar-refractivity contribution >= 4 is 23.4 Å². The Morgan fingerprint density at radius 1 is 1.11 bits per heavy atom. The summed E-state index contributed by atoms with van der Waals surface area (Å²) < 4.78 is 11.3. The number of rotatable bonds is 9. The number of hydrogen-bond donors (Lipinski definition) is 1. The van der Waals surface area contributed by atoms with E-state index in [1.807, 2.05) is 21.9 Å². The molecule has 2 aliphatic heterocycles. The number of carbonyl (C=O) groups is 2. The standard InChI is InChI=1S/C30H40ClN3O4/c1-21(4-7-25(31)18-32)38-20-24-12-17-34(19-27(24)22-5-8-26(37-3)9-6-22)28(35)23-10-15-33(16-11-23)29(36)30(2)13-14-30/h4-9,18,23-24,27H,1,10-17,19-20,32H2,2-3H3/b7-4-,25-18+. The van der Waals surface area contributed by atoms with E-state index in [4.69, 9.17) is 26.8 Å². The van der Waals surface area contributed by atoms with Gasteiger partial charge in [-0.05, 0) is 62.0 Å². The largest absolute Gasteiger partial charge is 0.497 e. The number of hydrogen-bond acceptors (Lipinski definition) is 5. The van der Waals surface area contributed by atoms with Crippen LogP contribution in [0.25, 0.3) is 0 Å². The third-order valence-corrected chi connectivity index (χ3v) is 8.58. The molecule has 3 fully saturated rings. The molecule has 38 heavy (non-hydrogen) atoms. The zero-order valence-corrected chi connectivity index (χ0v) is 23.3. The van der Waals surface area contributed by atoms with Crippen molar-refractivity contribution in [2.24, 2.45) is 23.0 Å². The fraction of sp³-hybridized carbons (Fsp3) is 0.533. The Hall–Kier alpha value is -2.93. The van der Waals surface area contributed by atoms with Crippen LogP contribution in [0.3, 0.4) is 0 Å². The second-order valence-electron chi connectivity index (χ2n) is 11.0. The van der Waals surface area contributed by atoms with E-state index in [0.29, 0.717) is 43.6 Å². The Morgan fingerprint density at radius 3 is 2.37 bits per heavy atom. The summed E-state index contributed by atoms with van der Waals surface area (Å²) in [5.41, 5.74) is 6.41. The second-order valence-corrected chi connectivity index (χ2v) is 11.4. The maximum atomic E-state index is 13.6. The fourth-order valence-electron chi connectivity index (χ4n) is 5.49. The first kappa shape index (κ1) is 28.1. The van der Waals surface area contributed by atoms with Crippen molar-refractivity contribution in [3.63, 3.8) is 0 Å². The second kappa shape index (κ2) is 12.3. The lowest BCUT2D eigenvalue weighted by atomic mass is 9.80. The van der Waals surface area contributed by atoms with Crippen molar-refractivity contribution < 1.29 is 19.1 Å². The number of nitrogens with two attached hydrogens (primary N) is 1. The zero-order chi connectivity index (χ0) is 27.3. The van der Waals surface area contributed by atoms with E-state index in [1.165, 1.54) is 6.20 Å². The molecule has 1 aliphatic carbocycles. The Balaban J connectivity index is 1.39. The van der Waals surface area contributed by atoms with Crippen LogP contribution in [0.4, 0.5) is 0 Å². The number of halogens is 1. The Kier molecular flexibility index (Phi) is 9.08. The maximum Gasteiger partial charge on any atom is 0.228 e. The molecule has 2 N–H and O–H groups in total. The van der Waals surface area contributed by atoms with Gasteiger partial charge in [0.2, 0.25) is 11.8 Å². The monoisotopic (exact) mass is 541 g/mol. The molecule has 2 saturated heterocycles. The van der Waals surface area contributed by atoms with Crippen molar-refractivity contribution in [1.82, 2.24) is 9.80 Å². The van der Waals surface area contributed by atoms with Crippen molar-refractivity contribution in [2.75, 3.05) is 39.9 Å². The van der Waals surface area contributed by atoms with Crippen molar-refractivity contribution in [3.05, 3.63) is 65.6 Å². The highest BCUT2D eigenvalue weighted by Gasteiger charge is 2.48. The summed E-state index contributed by atoms with van der Waals surface area (Å²) in [6.07, 6.45) is 8.94. The van der Waals surface area contributed by atoms with Crippen LogP contribution in [-0.2, 0) is 14.3 Å². The van der Waals surface area contributed by atoms with Crippen LogP contribution < -0.4 is 10.5 Å². The quantitative estimate of drug-likeness (QED) is 0.359. The van der Waals surface area contributed by atoms with Gasteiger partial charge in [0.1, 0.15) is 11.5 Å². The van der Waals surface area contributed by atoms with Gasteiger partial charge in [0.15, 0.2) is 0 Å². The van der Waals surface area contributed by atoms with Gasteiger partial charge in [-0.1, -0.05) is 37.2 Å². The van der Waals surface area contributed by atoms with Gasteiger partial charge in [-0.25, -0.2) is 0 Å². The van der Waals surface area contributed by atoms with Gasteiger partial charge in [-0.2, -0.15) is 0 Å². The first-order valence-corrected chi connectivity index (χ1v) is 13.9. The summed E-state index contributed by atoms with van der Waals surface area (Å²) in [4.78, 5) is 30.3. The zero-order valence-electron chi connectivity index (χ0n) is 22.5. The summed E-state index contributed by atoms with van der Waals surface area (Å²) in [5.74, 6) is 2.11. The Morgan fingerprint density at radius 2 is 1.76 bits per heavy atom. The molecule has 2 unspecified atom stereocenters. The molecule has 2 heterocycles. The number of piperidine rings is 2. The van der Waals surface area contributed by atoms with Crippen LogP contribution in [0.15, 0.2) is 60.0 Å². The summed E-state index contributed by atoms with van der Waals surface area (Å²) >= 11 is 5.93. The lowest BCUT2D eigenvalue weighted by molar-refractivity contribution is -0.144. The van der Waals surface area contributed by atoms with E-state index in [-0.39, 0.29) is 35.0 Å². The van der Waals surface area contributed by atoms with Crippen molar-refractivity contribution in [3.8, 4) is 5.75 Å². The molecule has 206 valence electrons. The fourth-order valence-corrected chi connectivity index (χ4v) is 5.55. The average Bonchev–Trinajstić information content (AvgIpc) is 3.72. The van der Waals surface area contributed by atoms with E-state index in [0.717, 1.165) is 43.4 Å². The molecular formula is C30H40ClN3O4. The number of carbonyl (C=O) groups excluding carboxylic acids is 2. The van der Waals surface area contributed by atoms with Crippen LogP contribution >= 0.6 is 11.6 Å². The number of allylic oxidation sites excluding steroid dienone is 3. The highest BCUT2D eigenvalue weighted by molar-refractivity contribution is 6.31. The molecule has 0 spiro atoms. The summed E-state index contributed by atoms with van der Waals surface area (Å²) in [5, 5.41) is 0.412. The number of nitrogens with zero attached hydrogens (tertiary/aromatic N) is 2. The van der Waals surface area contributed by atoms with Crippen molar-refractivity contribution in [1.29, 1.82) is 0 Å². The molecular weight excluding hydrogens is 502 g/mol. The summed E-state index contributed by atoms with van der Waals surface area (Å²) in [6.45, 7) is 9.20. The van der Waals surface area contributed by atoms with Gasteiger partial charge in [-0.15, -0.1) is 0 Å². The van der Waals surface area contributed by atoms with E-state index in [2.05, 4.69) is 25.6 Å². The molecule has 0 bridgehead atoms. The highest BCUT2D eigenvalue weighted by Crippen LogP contribution is 2.47. The number of benzene rings is 1. The minimum Gasteiger partial charge on any atom is -0.497 e. The summed E-state index contributed by atoms with van der Waals surface area (Å²) in [6, 6.07) is 8.08. The normalized spacial score (nSPS) is 23.8. The molecule has 0 radical (unpaired) electrons. The first-order valence-electron chi connectivity index (χ1n) is 13.5. The van der Waals surface area contributed by atoms with Crippen LogP contribution in [0, 0.1) is 17.3 Å². The molecule has 1 aromatic rings. The van der Waals surface area contributed by atoms with Crippen LogP contribution in [0.2, 0.25) is 0 Å². The predicted molar refractivity (Wildman–Crippen MR) is 149 cm³/mol. The van der Waals surface area contributed by atoms with Gasteiger partial charge >= 0.3 is 0 Å². The number of ether oxygens (including phenoxy) is 2. The van der Waals surface area contributed by atoms with E-state index in [1.54, 1.807) is 19.3 Å². The number of likely N-dealkylation sites (tertiary alicyclic amines) is 2. The van der Waals surface area contributed by atoms with E-state index >= 15 is 0 Å². The van der Waals surface area contributed by atoms with Crippen LogP contribution in [0.5, 0.6) is 5.75 Å². The van der Waals surface area contributed by atoms with Gasteiger partial charge in [0.05, 0.1) is 18.7 Å². The Labute approximate surface area is 231 Å². The highest BCUT2D eigenvalue weighted by atomic mass is 35.5. The molecule has 1 aromatic carbocycles. The van der Waals surface area contributed by atoms with E-state index < -0.39 is 0 Å². The minimum atomic E-state index is -0.152. The smallest absolute Gasteiger partial charge is 0.228 e. The molecule has 2 atom stereocenters. The Bertz CT molecular complexity index is 1070. The lowest BCUT2D eigenvalue weighted by Crippen LogP contribution is -2.49. The van der Waals surface area contributed by atoms with Crippen molar-refractivity contribution in [2.45, 2.75) is 44.9 Å². The third kappa shape index (κ3) is 6.73. The molecule has 0 aromatic heterocycles. The maximum absolute atomic E-state index is 13.6. The van der Waals surface area contributed by atoms with Gasteiger partial charge < -0.3 is 25.0 Å². The van der Waals surface area contributed by atoms with Crippen LogP contribution in [0.1, 0.15) is 50.5 Å². The van der Waals surface area contributed by atoms with Crippen LogP contribution in [-0.4, -0.2) is 61.5 Å². The topological polar surface area (TPSA) is 85.1 Å². The average molecular weight is 542 g/mol. The van der Waals surface area contributed by atoms with Gasteiger partial charge in [0.25, 0.3) is 0 Å². The summed E-state index contributed by atoms with van der Waals surface area (Å²) in [7, 11) is 1.65. The molecule has 8 heteroatoms. The first-order chi connectivity index (χ1) is 18.2. The molecule has 7 nitrogen and oxygen atoms in total. The van der Waals surface area contributed by atoms with Gasteiger partial charge in [0, 0.05) is 55.5 Å². The molecule has 3 aliphatic rings. The number of methoxy groups -OCH3 is 1. The molecule has 2 amide bonds. The minimum absolute atomic E-state index is 0.0272.